The monoisotopic (exact) mass is 324 g/mol. The third kappa shape index (κ3) is 4.33. The van der Waals surface area contributed by atoms with E-state index in [-0.39, 0.29) is 17.2 Å². The predicted molar refractivity (Wildman–Crippen MR) is 73.3 cm³/mol. The zero-order valence-electron chi connectivity index (χ0n) is 10.9. The lowest BCUT2D eigenvalue weighted by Gasteiger charge is -2.20. The summed E-state index contributed by atoms with van der Waals surface area (Å²) in [5.41, 5.74) is 1.50. The van der Waals surface area contributed by atoms with Crippen LogP contribution in [0.3, 0.4) is 0 Å². The Morgan fingerprint density at radius 3 is 2.29 bits per heavy atom. The van der Waals surface area contributed by atoms with Crippen LogP contribution in [0.2, 0.25) is 0 Å². The van der Waals surface area contributed by atoms with E-state index in [0.717, 1.165) is 5.56 Å². The predicted octanol–water partition coefficient (Wildman–Crippen LogP) is 1.32. The van der Waals surface area contributed by atoms with Gasteiger partial charge in [-0.25, -0.2) is 0 Å². The third-order valence-electron chi connectivity index (χ3n) is 2.60. The van der Waals surface area contributed by atoms with Gasteiger partial charge < -0.3 is 11.1 Å². The van der Waals surface area contributed by atoms with Crippen molar-refractivity contribution >= 4 is 22.0 Å². The van der Waals surface area contributed by atoms with Crippen molar-refractivity contribution in [3.8, 4) is 0 Å². The summed E-state index contributed by atoms with van der Waals surface area (Å²) in [5, 5.41) is 9.58. The Hall–Kier alpha value is -1.81. The Morgan fingerprint density at radius 2 is 1.86 bits per heavy atom. The quantitative estimate of drug-likeness (QED) is 0.520. The molecule has 10 heteroatoms. The van der Waals surface area contributed by atoms with Gasteiger partial charge in [0.15, 0.2) is 0 Å². The van der Waals surface area contributed by atoms with E-state index in [0.29, 0.717) is 12.2 Å². The SMILES string of the molecule is N=CN(CCNc1ccc(CN)cc1)S(=O)(=O)C(F)(F)F. The number of benzene rings is 1. The van der Waals surface area contributed by atoms with Crippen LogP contribution in [0.4, 0.5) is 18.9 Å². The van der Waals surface area contributed by atoms with E-state index in [9.17, 15) is 21.6 Å². The molecule has 0 unspecified atom stereocenters. The number of nitrogens with zero attached hydrogens (tertiary/aromatic N) is 1. The van der Waals surface area contributed by atoms with Crippen molar-refractivity contribution in [3.05, 3.63) is 29.8 Å². The molecule has 0 saturated heterocycles. The second-order valence-electron chi connectivity index (χ2n) is 4.02. The topological polar surface area (TPSA) is 99.3 Å². The Bertz CT molecular complexity index is 572. The number of sulfonamides is 1. The molecule has 0 amide bonds. The maximum atomic E-state index is 12.3. The number of rotatable bonds is 7. The average Bonchev–Trinajstić information content (AvgIpc) is 2.42. The van der Waals surface area contributed by atoms with Gasteiger partial charge >= 0.3 is 15.5 Å². The fraction of sp³-hybridized carbons (Fsp3) is 0.364. The zero-order valence-corrected chi connectivity index (χ0v) is 11.7. The molecule has 0 atom stereocenters. The smallest absolute Gasteiger partial charge is 0.383 e. The first-order valence-electron chi connectivity index (χ1n) is 5.84. The molecule has 0 aliphatic carbocycles. The zero-order chi connectivity index (χ0) is 16.1. The number of hydrogen-bond donors (Lipinski definition) is 3. The maximum absolute atomic E-state index is 12.3. The summed E-state index contributed by atoms with van der Waals surface area (Å²) in [7, 11) is -5.52. The van der Waals surface area contributed by atoms with Crippen LogP contribution < -0.4 is 11.1 Å². The van der Waals surface area contributed by atoms with E-state index >= 15 is 0 Å². The second kappa shape index (κ2) is 6.76. The van der Waals surface area contributed by atoms with E-state index < -0.39 is 22.1 Å². The number of nitrogens with two attached hydrogens (primary N) is 1. The maximum Gasteiger partial charge on any atom is 0.516 e. The lowest BCUT2D eigenvalue weighted by molar-refractivity contribution is -0.0470. The molecular formula is C11H15F3N4O2S. The van der Waals surface area contributed by atoms with Gasteiger partial charge in [0.25, 0.3) is 0 Å². The van der Waals surface area contributed by atoms with E-state index in [1.165, 1.54) is 0 Å². The average molecular weight is 324 g/mol. The van der Waals surface area contributed by atoms with Gasteiger partial charge in [-0.3, -0.25) is 9.71 Å². The van der Waals surface area contributed by atoms with Gasteiger partial charge in [0, 0.05) is 18.8 Å². The van der Waals surface area contributed by atoms with Crippen molar-refractivity contribution in [3.63, 3.8) is 0 Å². The summed E-state index contributed by atoms with van der Waals surface area (Å²) in [6.45, 7) is -0.220. The third-order valence-corrected chi connectivity index (χ3v) is 4.09. The lowest BCUT2D eigenvalue weighted by atomic mass is 10.2. The molecule has 0 bridgehead atoms. The molecule has 0 aliphatic heterocycles. The van der Waals surface area contributed by atoms with Crippen LogP contribution in [-0.4, -0.2) is 37.7 Å². The normalized spacial score (nSPS) is 12.0. The van der Waals surface area contributed by atoms with Crippen LogP contribution in [0, 0.1) is 5.41 Å². The van der Waals surface area contributed by atoms with Crippen molar-refractivity contribution in [2.24, 2.45) is 5.73 Å². The molecule has 4 N–H and O–H groups in total. The Kier molecular flexibility index (Phi) is 5.55. The van der Waals surface area contributed by atoms with Gasteiger partial charge in [-0.15, -0.1) is 0 Å². The summed E-state index contributed by atoms with van der Waals surface area (Å²) >= 11 is 0. The van der Waals surface area contributed by atoms with Crippen LogP contribution in [0.1, 0.15) is 5.56 Å². The minimum absolute atomic E-state index is 0.0613. The Morgan fingerprint density at radius 1 is 1.29 bits per heavy atom. The fourth-order valence-electron chi connectivity index (χ4n) is 1.46. The number of halogens is 3. The molecule has 0 radical (unpaired) electrons. The summed E-state index contributed by atoms with van der Waals surface area (Å²) in [6, 6.07) is 6.83. The summed E-state index contributed by atoms with van der Waals surface area (Å²) in [5.74, 6) is 0. The molecule has 21 heavy (non-hydrogen) atoms. The first-order chi connectivity index (χ1) is 9.72. The van der Waals surface area contributed by atoms with Crippen molar-refractivity contribution in [2.75, 3.05) is 18.4 Å². The van der Waals surface area contributed by atoms with Gasteiger partial charge in [0.2, 0.25) is 0 Å². The van der Waals surface area contributed by atoms with Crippen molar-refractivity contribution in [2.45, 2.75) is 12.1 Å². The Labute approximate surface area is 120 Å². The number of hydrogen-bond acceptors (Lipinski definition) is 5. The molecule has 1 rings (SSSR count). The van der Waals surface area contributed by atoms with Crippen molar-refractivity contribution in [1.29, 1.82) is 5.41 Å². The van der Waals surface area contributed by atoms with Gasteiger partial charge in [0.1, 0.15) is 0 Å². The van der Waals surface area contributed by atoms with Crippen LogP contribution in [0.25, 0.3) is 0 Å². The molecular weight excluding hydrogens is 309 g/mol. The van der Waals surface area contributed by atoms with Crippen LogP contribution in [-0.2, 0) is 16.6 Å². The van der Waals surface area contributed by atoms with Gasteiger partial charge in [-0.1, -0.05) is 12.1 Å². The number of anilines is 1. The minimum Gasteiger partial charge on any atom is -0.383 e. The van der Waals surface area contributed by atoms with Crippen molar-refractivity contribution in [1.82, 2.24) is 4.31 Å². The highest BCUT2D eigenvalue weighted by atomic mass is 32.2. The fourth-order valence-corrected chi connectivity index (χ4v) is 2.19. The molecule has 118 valence electrons. The van der Waals surface area contributed by atoms with Gasteiger partial charge in [0.05, 0.1) is 12.9 Å². The first-order valence-corrected chi connectivity index (χ1v) is 7.28. The van der Waals surface area contributed by atoms with E-state index in [1.807, 2.05) is 0 Å². The summed E-state index contributed by atoms with van der Waals surface area (Å²) in [6.07, 6.45) is 0.141. The van der Waals surface area contributed by atoms with Crippen molar-refractivity contribution < 1.29 is 21.6 Å². The van der Waals surface area contributed by atoms with E-state index in [2.05, 4.69) is 5.32 Å². The Balaban J connectivity index is 2.62. The molecule has 0 heterocycles. The number of alkyl halides is 3. The molecule has 1 aromatic carbocycles. The first kappa shape index (κ1) is 17.2. The van der Waals surface area contributed by atoms with Crippen LogP contribution in [0.15, 0.2) is 24.3 Å². The molecule has 0 fully saturated rings. The summed E-state index contributed by atoms with van der Waals surface area (Å²) < 4.78 is 59.2. The lowest BCUT2D eigenvalue weighted by Crippen LogP contribution is -2.41. The summed E-state index contributed by atoms with van der Waals surface area (Å²) in [4.78, 5) is 0. The molecule has 0 saturated carbocycles. The highest BCUT2D eigenvalue weighted by Gasteiger charge is 2.49. The molecule has 0 aromatic heterocycles. The largest absolute Gasteiger partial charge is 0.516 e. The van der Waals surface area contributed by atoms with Gasteiger partial charge in [-0.2, -0.15) is 21.6 Å². The number of nitrogens with one attached hydrogen (secondary N) is 2. The molecule has 0 spiro atoms. The van der Waals surface area contributed by atoms with Crippen LogP contribution >= 0.6 is 0 Å². The molecule has 6 nitrogen and oxygen atoms in total. The minimum atomic E-state index is -5.52. The van der Waals surface area contributed by atoms with E-state index in [4.69, 9.17) is 11.1 Å². The second-order valence-corrected chi connectivity index (χ2v) is 5.90. The molecule has 1 aromatic rings. The highest BCUT2D eigenvalue weighted by Crippen LogP contribution is 2.25. The van der Waals surface area contributed by atoms with E-state index in [1.54, 1.807) is 24.3 Å². The van der Waals surface area contributed by atoms with Gasteiger partial charge in [-0.05, 0) is 17.7 Å². The molecule has 0 aliphatic rings. The highest BCUT2D eigenvalue weighted by molar-refractivity contribution is 7.90. The van der Waals surface area contributed by atoms with Crippen LogP contribution in [0.5, 0.6) is 0 Å². The standard InChI is InChI=1S/C11H15F3N4O2S/c12-11(13,14)21(19,20)18(8-16)6-5-17-10-3-1-9(7-15)2-4-10/h1-4,8,16-17H,5-7,15H2.